The van der Waals surface area contributed by atoms with Gasteiger partial charge in [-0.05, 0) is 57.6 Å². The van der Waals surface area contributed by atoms with Gasteiger partial charge in [0.2, 0.25) is 0 Å². The summed E-state index contributed by atoms with van der Waals surface area (Å²) in [4.78, 5) is 14.8. The molecule has 4 nitrogen and oxygen atoms in total. The number of nitrogens with one attached hydrogen (secondary N) is 1. The minimum atomic E-state index is 0.553. The molecule has 1 N–H and O–H groups in total. The number of aromatic nitrogens is 2. The molecule has 1 saturated heterocycles. The second-order valence-corrected chi connectivity index (χ2v) is 8.00. The molecule has 0 aromatic carbocycles. The van der Waals surface area contributed by atoms with Crippen LogP contribution < -0.4 is 5.32 Å². The van der Waals surface area contributed by atoms with Crippen LogP contribution in [-0.2, 0) is 12.8 Å². The Labute approximate surface area is 142 Å². The number of anilines is 1. The summed E-state index contributed by atoms with van der Waals surface area (Å²) < 4.78 is 0. The maximum absolute atomic E-state index is 4.77. The molecule has 2 aromatic rings. The summed E-state index contributed by atoms with van der Waals surface area (Å²) in [7, 11) is 0. The number of hydrogen-bond acceptors (Lipinski definition) is 5. The fraction of sp³-hybridized carbons (Fsp3) is 0.667. The standard InChI is InChI=1S/C18H26N4S/c1-3-9-22-10-7-13(8-11-22)21-17-16-14-5-4-6-15(14)23-18(16)20-12(2)19-17/h13H,3-11H2,1-2H3,(H,19,20,21). The van der Waals surface area contributed by atoms with E-state index in [1.165, 1.54) is 73.9 Å². The molecule has 0 radical (unpaired) electrons. The van der Waals surface area contributed by atoms with Gasteiger partial charge >= 0.3 is 0 Å². The van der Waals surface area contributed by atoms with E-state index < -0.39 is 0 Å². The zero-order valence-electron chi connectivity index (χ0n) is 14.2. The highest BCUT2D eigenvalue weighted by atomic mass is 32.1. The van der Waals surface area contributed by atoms with Crippen molar-refractivity contribution in [3.8, 4) is 0 Å². The molecule has 2 aromatic heterocycles. The van der Waals surface area contributed by atoms with Crippen LogP contribution in [0.25, 0.3) is 10.2 Å². The second-order valence-electron chi connectivity index (χ2n) is 6.92. The van der Waals surface area contributed by atoms with Crippen molar-refractivity contribution in [3.63, 3.8) is 0 Å². The van der Waals surface area contributed by atoms with Crippen LogP contribution in [0.2, 0.25) is 0 Å². The van der Waals surface area contributed by atoms with Crippen LogP contribution in [0, 0.1) is 6.92 Å². The van der Waals surface area contributed by atoms with Crippen LogP contribution in [-0.4, -0.2) is 40.5 Å². The zero-order chi connectivity index (χ0) is 15.8. The summed E-state index contributed by atoms with van der Waals surface area (Å²) in [5.74, 6) is 1.99. The Morgan fingerprint density at radius 3 is 2.83 bits per heavy atom. The summed E-state index contributed by atoms with van der Waals surface area (Å²) >= 11 is 1.88. The molecule has 0 saturated carbocycles. The lowest BCUT2D eigenvalue weighted by Crippen LogP contribution is -2.39. The molecular formula is C18H26N4S. The van der Waals surface area contributed by atoms with Crippen molar-refractivity contribution in [1.29, 1.82) is 0 Å². The SMILES string of the molecule is CCCN1CCC(Nc2nc(C)nc3sc4c(c23)CCC4)CC1. The Balaban J connectivity index is 1.57. The third-order valence-corrected chi connectivity index (χ3v) is 6.33. The molecule has 23 heavy (non-hydrogen) atoms. The smallest absolute Gasteiger partial charge is 0.139 e. The number of likely N-dealkylation sites (tertiary alicyclic amines) is 1. The van der Waals surface area contributed by atoms with Gasteiger partial charge in [-0.25, -0.2) is 9.97 Å². The Morgan fingerprint density at radius 2 is 2.04 bits per heavy atom. The third kappa shape index (κ3) is 2.96. The van der Waals surface area contributed by atoms with E-state index in [2.05, 4.69) is 22.1 Å². The molecule has 0 spiro atoms. The van der Waals surface area contributed by atoms with Gasteiger partial charge in [0.15, 0.2) is 0 Å². The molecule has 124 valence electrons. The van der Waals surface area contributed by atoms with Crippen molar-refractivity contribution in [2.45, 2.75) is 58.4 Å². The number of aryl methyl sites for hydroxylation is 3. The number of piperidine rings is 1. The van der Waals surface area contributed by atoms with Crippen molar-refractivity contribution < 1.29 is 0 Å². The lowest BCUT2D eigenvalue weighted by atomic mass is 10.0. The molecule has 1 fully saturated rings. The maximum Gasteiger partial charge on any atom is 0.139 e. The number of hydrogen-bond donors (Lipinski definition) is 1. The van der Waals surface area contributed by atoms with E-state index in [0.717, 1.165) is 11.6 Å². The van der Waals surface area contributed by atoms with Crippen LogP contribution in [0.1, 0.15) is 48.9 Å². The van der Waals surface area contributed by atoms with Crippen LogP contribution in [0.3, 0.4) is 0 Å². The first-order valence-electron chi connectivity index (χ1n) is 9.02. The Kier molecular flexibility index (Phi) is 4.24. The predicted molar refractivity (Wildman–Crippen MR) is 97.6 cm³/mol. The van der Waals surface area contributed by atoms with E-state index in [1.807, 2.05) is 18.3 Å². The summed E-state index contributed by atoms with van der Waals surface area (Å²) in [6, 6.07) is 0.553. The maximum atomic E-state index is 4.77. The van der Waals surface area contributed by atoms with Crippen LogP contribution >= 0.6 is 11.3 Å². The highest BCUT2D eigenvalue weighted by molar-refractivity contribution is 7.19. The van der Waals surface area contributed by atoms with Crippen LogP contribution in [0.5, 0.6) is 0 Å². The molecular weight excluding hydrogens is 304 g/mol. The minimum absolute atomic E-state index is 0.553. The van der Waals surface area contributed by atoms with Gasteiger partial charge in [-0.3, -0.25) is 0 Å². The molecule has 4 rings (SSSR count). The summed E-state index contributed by atoms with van der Waals surface area (Å²) in [5.41, 5.74) is 1.52. The largest absolute Gasteiger partial charge is 0.367 e. The molecule has 0 bridgehead atoms. The van der Waals surface area contributed by atoms with E-state index in [0.29, 0.717) is 6.04 Å². The van der Waals surface area contributed by atoms with E-state index in [-0.39, 0.29) is 0 Å². The van der Waals surface area contributed by atoms with E-state index in [9.17, 15) is 0 Å². The van der Waals surface area contributed by atoms with Gasteiger partial charge in [-0.2, -0.15) is 0 Å². The van der Waals surface area contributed by atoms with Crippen molar-refractivity contribution in [3.05, 3.63) is 16.3 Å². The molecule has 1 aliphatic carbocycles. The fourth-order valence-corrected chi connectivity index (χ4v) is 5.32. The molecule has 5 heteroatoms. The number of nitrogens with zero attached hydrogens (tertiary/aromatic N) is 3. The van der Waals surface area contributed by atoms with Gasteiger partial charge < -0.3 is 10.2 Å². The van der Waals surface area contributed by atoms with Crippen molar-refractivity contribution in [2.24, 2.45) is 0 Å². The number of fused-ring (bicyclic) bond motifs is 3. The van der Waals surface area contributed by atoms with Gasteiger partial charge in [0.1, 0.15) is 16.5 Å². The summed E-state index contributed by atoms with van der Waals surface area (Å²) in [6.07, 6.45) is 7.41. The molecule has 3 heterocycles. The molecule has 1 aliphatic heterocycles. The summed E-state index contributed by atoms with van der Waals surface area (Å²) in [6.45, 7) is 7.93. The number of thiophene rings is 1. The van der Waals surface area contributed by atoms with Crippen LogP contribution in [0.4, 0.5) is 5.82 Å². The van der Waals surface area contributed by atoms with Gasteiger partial charge in [0, 0.05) is 24.0 Å². The minimum Gasteiger partial charge on any atom is -0.367 e. The average molecular weight is 331 g/mol. The van der Waals surface area contributed by atoms with E-state index in [4.69, 9.17) is 4.98 Å². The third-order valence-electron chi connectivity index (χ3n) is 5.14. The first kappa shape index (κ1) is 15.3. The van der Waals surface area contributed by atoms with Crippen molar-refractivity contribution >= 4 is 27.4 Å². The van der Waals surface area contributed by atoms with Crippen molar-refractivity contribution in [1.82, 2.24) is 14.9 Å². The Hall–Kier alpha value is -1.20. The van der Waals surface area contributed by atoms with Crippen molar-refractivity contribution in [2.75, 3.05) is 25.0 Å². The highest BCUT2D eigenvalue weighted by Crippen LogP contribution is 2.39. The predicted octanol–water partition coefficient (Wildman–Crippen LogP) is 3.77. The monoisotopic (exact) mass is 330 g/mol. The quantitative estimate of drug-likeness (QED) is 0.926. The first-order chi connectivity index (χ1) is 11.2. The molecule has 2 aliphatic rings. The van der Waals surface area contributed by atoms with Gasteiger partial charge in [-0.15, -0.1) is 11.3 Å². The lowest BCUT2D eigenvalue weighted by Gasteiger charge is -2.32. The average Bonchev–Trinajstić information content (AvgIpc) is 3.09. The van der Waals surface area contributed by atoms with Gasteiger partial charge in [0.25, 0.3) is 0 Å². The second kappa shape index (κ2) is 6.36. The molecule has 0 amide bonds. The van der Waals surface area contributed by atoms with E-state index >= 15 is 0 Å². The van der Waals surface area contributed by atoms with E-state index in [1.54, 1.807) is 4.88 Å². The normalized spacial score (nSPS) is 19.4. The first-order valence-corrected chi connectivity index (χ1v) is 9.84. The lowest BCUT2D eigenvalue weighted by molar-refractivity contribution is 0.219. The summed E-state index contributed by atoms with van der Waals surface area (Å²) in [5, 5.41) is 5.10. The molecule has 0 unspecified atom stereocenters. The van der Waals surface area contributed by atoms with Gasteiger partial charge in [-0.1, -0.05) is 6.92 Å². The van der Waals surface area contributed by atoms with Crippen LogP contribution in [0.15, 0.2) is 0 Å². The zero-order valence-corrected chi connectivity index (χ0v) is 15.0. The Morgan fingerprint density at radius 1 is 1.22 bits per heavy atom. The topological polar surface area (TPSA) is 41.0 Å². The highest BCUT2D eigenvalue weighted by Gasteiger charge is 2.24. The Bertz CT molecular complexity index is 701. The molecule has 0 atom stereocenters. The number of rotatable bonds is 4. The van der Waals surface area contributed by atoms with Gasteiger partial charge in [0.05, 0.1) is 5.39 Å². The fourth-order valence-electron chi connectivity index (χ4n) is 4.02.